The van der Waals surface area contributed by atoms with Crippen LogP contribution in [-0.4, -0.2) is 13.1 Å². The molecular formula is C19H18N2O. The van der Waals surface area contributed by atoms with Crippen LogP contribution >= 0.6 is 0 Å². The second-order valence-electron chi connectivity index (χ2n) is 5.31. The number of hydrogen-bond acceptors (Lipinski definition) is 3. The van der Waals surface area contributed by atoms with E-state index in [2.05, 4.69) is 29.6 Å². The Morgan fingerprint density at radius 2 is 2.00 bits per heavy atom. The Morgan fingerprint density at radius 1 is 1.14 bits per heavy atom. The second kappa shape index (κ2) is 6.93. The fourth-order valence-electron chi connectivity index (χ4n) is 2.55. The third-order valence-corrected chi connectivity index (χ3v) is 3.75. The lowest BCUT2D eigenvalue weighted by Crippen LogP contribution is -2.19. The molecule has 1 aliphatic rings. The summed E-state index contributed by atoms with van der Waals surface area (Å²) in [5.41, 5.74) is 4.32. The first-order valence-electron chi connectivity index (χ1n) is 7.47. The Balaban J connectivity index is 1.63. The smallest absolute Gasteiger partial charge is 0.119 e. The van der Waals surface area contributed by atoms with Crippen LogP contribution < -0.4 is 10.1 Å². The van der Waals surface area contributed by atoms with Crippen molar-refractivity contribution < 1.29 is 4.74 Å². The van der Waals surface area contributed by atoms with E-state index >= 15 is 0 Å². The first-order chi connectivity index (χ1) is 10.8. The molecular weight excluding hydrogens is 272 g/mol. The molecule has 0 atom stereocenters. The molecule has 2 aromatic rings. The van der Waals surface area contributed by atoms with Gasteiger partial charge in [-0.15, -0.1) is 0 Å². The van der Waals surface area contributed by atoms with E-state index in [0.717, 1.165) is 30.8 Å². The number of rotatable bonds is 4. The van der Waals surface area contributed by atoms with Crippen LogP contribution in [-0.2, 0) is 6.61 Å². The number of nitrogens with one attached hydrogen (secondary N) is 1. The molecule has 1 heterocycles. The molecule has 0 radical (unpaired) electrons. The lowest BCUT2D eigenvalue weighted by molar-refractivity contribution is 0.306. The topological polar surface area (TPSA) is 45.0 Å². The molecule has 0 saturated heterocycles. The minimum Gasteiger partial charge on any atom is -0.489 e. The molecule has 1 aliphatic heterocycles. The van der Waals surface area contributed by atoms with E-state index in [-0.39, 0.29) is 0 Å². The van der Waals surface area contributed by atoms with Gasteiger partial charge in [-0.25, -0.2) is 0 Å². The maximum Gasteiger partial charge on any atom is 0.119 e. The van der Waals surface area contributed by atoms with Gasteiger partial charge in [0.25, 0.3) is 0 Å². The van der Waals surface area contributed by atoms with Crippen molar-refractivity contribution in [3.8, 4) is 11.8 Å². The zero-order valence-electron chi connectivity index (χ0n) is 12.4. The molecule has 0 aliphatic carbocycles. The average molecular weight is 290 g/mol. The number of ether oxygens (including phenoxy) is 1. The van der Waals surface area contributed by atoms with Gasteiger partial charge in [0.15, 0.2) is 0 Å². The molecule has 1 N–H and O–H groups in total. The molecule has 0 bridgehead atoms. The van der Waals surface area contributed by atoms with Crippen molar-refractivity contribution in [2.75, 3.05) is 13.1 Å². The van der Waals surface area contributed by atoms with Crippen molar-refractivity contribution in [1.82, 2.24) is 5.32 Å². The van der Waals surface area contributed by atoms with Crippen LogP contribution in [0.2, 0.25) is 0 Å². The molecule has 0 amide bonds. The number of nitriles is 1. The molecule has 0 aromatic heterocycles. The van der Waals surface area contributed by atoms with Crippen molar-refractivity contribution in [3.05, 3.63) is 71.3 Å². The van der Waals surface area contributed by atoms with Crippen LogP contribution in [0.5, 0.6) is 5.75 Å². The van der Waals surface area contributed by atoms with Crippen LogP contribution in [0.15, 0.2) is 54.6 Å². The van der Waals surface area contributed by atoms with E-state index in [1.807, 2.05) is 30.3 Å². The van der Waals surface area contributed by atoms with E-state index in [1.165, 1.54) is 11.1 Å². The number of nitrogens with zero attached hydrogens (tertiary/aromatic N) is 1. The van der Waals surface area contributed by atoms with Crippen molar-refractivity contribution in [2.45, 2.75) is 13.0 Å². The summed E-state index contributed by atoms with van der Waals surface area (Å²) in [6, 6.07) is 17.9. The molecule has 3 nitrogen and oxygen atoms in total. The standard InChI is InChI=1S/C19H18N2O/c20-13-15-2-1-3-16(12-15)14-22-19-6-4-17(5-7-19)18-8-10-21-11-9-18/h1-8,12,21H,9-11,14H2. The SMILES string of the molecule is N#Cc1cccc(COc2ccc(C3=CCNCC3)cc2)c1. The monoisotopic (exact) mass is 290 g/mol. The molecule has 0 spiro atoms. The van der Waals surface area contributed by atoms with Crippen LogP contribution in [0.25, 0.3) is 5.57 Å². The van der Waals surface area contributed by atoms with E-state index in [1.54, 1.807) is 6.07 Å². The summed E-state index contributed by atoms with van der Waals surface area (Å²) < 4.78 is 5.79. The van der Waals surface area contributed by atoms with Crippen molar-refractivity contribution in [2.24, 2.45) is 0 Å². The third-order valence-electron chi connectivity index (χ3n) is 3.75. The minimum atomic E-state index is 0.474. The second-order valence-corrected chi connectivity index (χ2v) is 5.31. The Morgan fingerprint density at radius 3 is 2.73 bits per heavy atom. The quantitative estimate of drug-likeness (QED) is 0.937. The summed E-state index contributed by atoms with van der Waals surface area (Å²) in [5.74, 6) is 0.848. The molecule has 110 valence electrons. The van der Waals surface area contributed by atoms with Crippen molar-refractivity contribution in [3.63, 3.8) is 0 Å². The normalized spacial score (nSPS) is 14.0. The summed E-state index contributed by atoms with van der Waals surface area (Å²) in [7, 11) is 0. The van der Waals surface area contributed by atoms with Gasteiger partial charge in [-0.05, 0) is 53.9 Å². The van der Waals surface area contributed by atoms with Gasteiger partial charge in [-0.1, -0.05) is 30.3 Å². The predicted octanol–water partition coefficient (Wildman–Crippen LogP) is 3.51. The molecule has 0 saturated carbocycles. The first-order valence-corrected chi connectivity index (χ1v) is 7.47. The molecule has 2 aromatic carbocycles. The highest BCUT2D eigenvalue weighted by molar-refractivity contribution is 5.67. The van der Waals surface area contributed by atoms with E-state index < -0.39 is 0 Å². The summed E-state index contributed by atoms with van der Waals surface area (Å²) in [6.07, 6.45) is 3.31. The Hall–Kier alpha value is -2.57. The fraction of sp³-hybridized carbons (Fsp3) is 0.211. The zero-order valence-corrected chi connectivity index (χ0v) is 12.4. The summed E-state index contributed by atoms with van der Waals surface area (Å²) in [5, 5.41) is 12.2. The number of hydrogen-bond donors (Lipinski definition) is 1. The van der Waals surface area contributed by atoms with Crippen LogP contribution in [0.4, 0.5) is 0 Å². The van der Waals surface area contributed by atoms with Crippen molar-refractivity contribution >= 4 is 5.57 Å². The first kappa shape index (κ1) is 14.4. The summed E-state index contributed by atoms with van der Waals surface area (Å²) >= 11 is 0. The van der Waals surface area contributed by atoms with Crippen molar-refractivity contribution in [1.29, 1.82) is 5.26 Å². The zero-order chi connectivity index (χ0) is 15.2. The maximum absolute atomic E-state index is 8.90. The van der Waals surface area contributed by atoms with Crippen LogP contribution in [0.1, 0.15) is 23.1 Å². The Kier molecular flexibility index (Phi) is 4.53. The van der Waals surface area contributed by atoms with Crippen LogP contribution in [0.3, 0.4) is 0 Å². The lowest BCUT2D eigenvalue weighted by atomic mass is 10.0. The highest BCUT2D eigenvalue weighted by Crippen LogP contribution is 2.22. The largest absolute Gasteiger partial charge is 0.489 e. The number of benzene rings is 2. The third kappa shape index (κ3) is 3.55. The van der Waals surface area contributed by atoms with Gasteiger partial charge in [-0.3, -0.25) is 0 Å². The van der Waals surface area contributed by atoms with Gasteiger partial charge < -0.3 is 10.1 Å². The lowest BCUT2D eigenvalue weighted by Gasteiger charge is -2.14. The maximum atomic E-state index is 8.90. The molecule has 0 fully saturated rings. The summed E-state index contributed by atoms with van der Waals surface area (Å²) in [4.78, 5) is 0. The van der Waals surface area contributed by atoms with E-state index in [4.69, 9.17) is 10.00 Å². The predicted molar refractivity (Wildman–Crippen MR) is 87.4 cm³/mol. The highest BCUT2D eigenvalue weighted by Gasteiger charge is 2.05. The molecule has 22 heavy (non-hydrogen) atoms. The van der Waals surface area contributed by atoms with Gasteiger partial charge >= 0.3 is 0 Å². The Bertz CT molecular complexity index is 711. The molecule has 3 heteroatoms. The average Bonchev–Trinajstić information content (AvgIpc) is 2.61. The molecule has 3 rings (SSSR count). The van der Waals surface area contributed by atoms with Gasteiger partial charge in [0.05, 0.1) is 11.6 Å². The molecule has 0 unspecified atom stereocenters. The van der Waals surface area contributed by atoms with E-state index in [9.17, 15) is 0 Å². The van der Waals surface area contributed by atoms with E-state index in [0.29, 0.717) is 12.2 Å². The fourth-order valence-corrected chi connectivity index (χ4v) is 2.55. The van der Waals surface area contributed by atoms with Crippen LogP contribution in [0, 0.1) is 11.3 Å². The van der Waals surface area contributed by atoms with Gasteiger partial charge in [-0.2, -0.15) is 5.26 Å². The minimum absolute atomic E-state index is 0.474. The van der Waals surface area contributed by atoms with Gasteiger partial charge in [0.1, 0.15) is 12.4 Å². The summed E-state index contributed by atoms with van der Waals surface area (Å²) in [6.45, 7) is 2.46. The van der Waals surface area contributed by atoms with Gasteiger partial charge in [0, 0.05) is 6.54 Å². The van der Waals surface area contributed by atoms with Gasteiger partial charge in [0.2, 0.25) is 0 Å². The highest BCUT2D eigenvalue weighted by atomic mass is 16.5. The Labute approximate surface area is 130 Å².